The van der Waals surface area contributed by atoms with Crippen LogP contribution in [0.3, 0.4) is 0 Å². The first kappa shape index (κ1) is 19.0. The molecule has 2 heterocycles. The normalized spacial score (nSPS) is 15.8. The lowest BCUT2D eigenvalue weighted by molar-refractivity contribution is 0.102. The second-order valence-electron chi connectivity index (χ2n) is 6.96. The van der Waals surface area contributed by atoms with Gasteiger partial charge in [-0.05, 0) is 48.9 Å². The molecular formula is C21H22N2O3S2. The second kappa shape index (κ2) is 7.93. The fraction of sp³-hybridized carbons (Fsp3) is 0.333. The third kappa shape index (κ3) is 3.64. The van der Waals surface area contributed by atoms with Gasteiger partial charge in [0.15, 0.2) is 5.13 Å². The van der Waals surface area contributed by atoms with E-state index >= 15 is 0 Å². The summed E-state index contributed by atoms with van der Waals surface area (Å²) < 4.78 is 10.8. The summed E-state index contributed by atoms with van der Waals surface area (Å²) in [6, 6.07) is 5.58. The standard InChI is InChI=1S/C21H22N2O3S2/c1-12-4-6-14-16(10-27-19(14)8-12)20(24)23-21-22-17(11-28-21)15-9-13(25-2)5-7-18(15)26-3/h5,7,9-12H,4,6,8H2,1-3H3,(H,22,23,24)/t12-/m1/s1. The predicted molar refractivity (Wildman–Crippen MR) is 114 cm³/mol. The minimum atomic E-state index is -0.0782. The molecule has 5 nitrogen and oxygen atoms in total. The molecule has 0 saturated heterocycles. The number of rotatable bonds is 5. The van der Waals surface area contributed by atoms with Gasteiger partial charge in [-0.25, -0.2) is 4.98 Å². The highest BCUT2D eigenvalue weighted by Crippen LogP contribution is 2.36. The SMILES string of the molecule is COc1ccc(OC)c(-c2csc(NC(=O)c3csc4c3CC[C@@H](C)C4)n2)c1. The third-order valence-corrected chi connectivity index (χ3v) is 6.86. The molecule has 0 radical (unpaired) electrons. The van der Waals surface area contributed by atoms with Crippen molar-refractivity contribution in [3.63, 3.8) is 0 Å². The minimum Gasteiger partial charge on any atom is -0.497 e. The van der Waals surface area contributed by atoms with Crippen LogP contribution in [0.25, 0.3) is 11.3 Å². The van der Waals surface area contributed by atoms with Crippen LogP contribution in [0.15, 0.2) is 29.0 Å². The highest BCUT2D eigenvalue weighted by Gasteiger charge is 2.23. The first-order valence-corrected chi connectivity index (χ1v) is 10.9. The molecule has 28 heavy (non-hydrogen) atoms. The lowest BCUT2D eigenvalue weighted by atomic mass is 9.88. The van der Waals surface area contributed by atoms with Crippen LogP contribution in [-0.2, 0) is 12.8 Å². The van der Waals surface area contributed by atoms with Crippen molar-refractivity contribution in [2.45, 2.75) is 26.2 Å². The molecule has 0 bridgehead atoms. The molecule has 1 amide bonds. The van der Waals surface area contributed by atoms with Gasteiger partial charge in [0.05, 0.1) is 25.5 Å². The van der Waals surface area contributed by atoms with E-state index in [0.717, 1.165) is 41.8 Å². The molecule has 0 aliphatic heterocycles. The Morgan fingerprint density at radius 3 is 2.86 bits per heavy atom. The Kier molecular flexibility index (Phi) is 5.37. The van der Waals surface area contributed by atoms with Crippen LogP contribution < -0.4 is 14.8 Å². The van der Waals surface area contributed by atoms with Crippen molar-refractivity contribution in [1.82, 2.24) is 4.98 Å². The zero-order valence-corrected chi connectivity index (χ0v) is 17.7. The average molecular weight is 415 g/mol. The molecular weight excluding hydrogens is 392 g/mol. The number of ether oxygens (including phenoxy) is 2. The zero-order valence-electron chi connectivity index (χ0n) is 16.1. The Labute approximate surface area is 172 Å². The number of methoxy groups -OCH3 is 2. The Bertz CT molecular complexity index is 1010. The first-order chi connectivity index (χ1) is 13.6. The van der Waals surface area contributed by atoms with Crippen molar-refractivity contribution in [3.05, 3.63) is 45.0 Å². The Balaban J connectivity index is 1.55. The molecule has 1 N–H and O–H groups in total. The summed E-state index contributed by atoms with van der Waals surface area (Å²) in [6.45, 7) is 2.27. The van der Waals surface area contributed by atoms with Gasteiger partial charge in [0.1, 0.15) is 11.5 Å². The topological polar surface area (TPSA) is 60.5 Å². The third-order valence-electron chi connectivity index (χ3n) is 5.05. The number of aromatic nitrogens is 1. The molecule has 2 aromatic heterocycles. The summed E-state index contributed by atoms with van der Waals surface area (Å²) in [5.74, 6) is 2.06. The number of carbonyl (C=O) groups is 1. The van der Waals surface area contributed by atoms with Crippen LogP contribution in [0.5, 0.6) is 11.5 Å². The van der Waals surface area contributed by atoms with Crippen molar-refractivity contribution in [2.24, 2.45) is 5.92 Å². The molecule has 146 valence electrons. The largest absolute Gasteiger partial charge is 0.497 e. The molecule has 1 atom stereocenters. The van der Waals surface area contributed by atoms with Crippen LogP contribution in [0.2, 0.25) is 0 Å². The van der Waals surface area contributed by atoms with Crippen molar-refractivity contribution >= 4 is 33.7 Å². The number of fused-ring (bicyclic) bond motifs is 1. The number of carbonyl (C=O) groups excluding carboxylic acids is 1. The molecule has 0 fully saturated rings. The fourth-order valence-electron chi connectivity index (χ4n) is 3.50. The van der Waals surface area contributed by atoms with Crippen molar-refractivity contribution in [1.29, 1.82) is 0 Å². The van der Waals surface area contributed by atoms with Crippen molar-refractivity contribution < 1.29 is 14.3 Å². The summed E-state index contributed by atoms with van der Waals surface area (Å²) in [6.07, 6.45) is 3.19. The van der Waals surface area contributed by atoms with Crippen molar-refractivity contribution in [3.8, 4) is 22.8 Å². The van der Waals surface area contributed by atoms with E-state index < -0.39 is 0 Å². The number of nitrogens with zero attached hydrogens (tertiary/aromatic N) is 1. The second-order valence-corrected chi connectivity index (χ2v) is 8.78. The summed E-state index contributed by atoms with van der Waals surface area (Å²) >= 11 is 3.10. The Hall–Kier alpha value is -2.38. The minimum absolute atomic E-state index is 0.0782. The average Bonchev–Trinajstić information content (AvgIpc) is 3.34. The van der Waals surface area contributed by atoms with Gasteiger partial charge in [-0.1, -0.05) is 6.92 Å². The quantitative estimate of drug-likeness (QED) is 0.618. The van der Waals surface area contributed by atoms with Gasteiger partial charge in [-0.15, -0.1) is 22.7 Å². The summed E-state index contributed by atoms with van der Waals surface area (Å²) in [5.41, 5.74) is 3.59. The van der Waals surface area contributed by atoms with Gasteiger partial charge in [0.25, 0.3) is 5.91 Å². The monoisotopic (exact) mass is 414 g/mol. The van der Waals surface area contributed by atoms with Crippen LogP contribution in [0, 0.1) is 5.92 Å². The van der Waals surface area contributed by atoms with Gasteiger partial charge in [0.2, 0.25) is 0 Å². The van der Waals surface area contributed by atoms with E-state index in [0.29, 0.717) is 16.8 Å². The van der Waals surface area contributed by atoms with Crippen LogP contribution in [0.1, 0.15) is 34.1 Å². The van der Waals surface area contributed by atoms with E-state index in [-0.39, 0.29) is 5.91 Å². The van der Waals surface area contributed by atoms with Gasteiger partial charge in [-0.2, -0.15) is 0 Å². The van der Waals surface area contributed by atoms with E-state index in [2.05, 4.69) is 17.2 Å². The van der Waals surface area contributed by atoms with E-state index in [1.165, 1.54) is 21.8 Å². The van der Waals surface area contributed by atoms with Gasteiger partial charge in [0, 0.05) is 21.2 Å². The van der Waals surface area contributed by atoms with Crippen LogP contribution in [-0.4, -0.2) is 25.1 Å². The maximum atomic E-state index is 12.8. The highest BCUT2D eigenvalue weighted by atomic mass is 32.1. The van der Waals surface area contributed by atoms with E-state index in [4.69, 9.17) is 9.47 Å². The lowest BCUT2D eigenvalue weighted by Gasteiger charge is -2.18. The van der Waals surface area contributed by atoms with Gasteiger partial charge >= 0.3 is 0 Å². The highest BCUT2D eigenvalue weighted by molar-refractivity contribution is 7.14. The summed E-state index contributed by atoms with van der Waals surface area (Å²) in [7, 11) is 3.25. The molecule has 0 unspecified atom stereocenters. The fourth-order valence-corrected chi connectivity index (χ4v) is 5.45. The summed E-state index contributed by atoms with van der Waals surface area (Å²) in [4.78, 5) is 18.8. The van der Waals surface area contributed by atoms with Crippen molar-refractivity contribution in [2.75, 3.05) is 19.5 Å². The molecule has 0 spiro atoms. The number of benzene rings is 1. The molecule has 4 rings (SSSR count). The number of nitrogens with one attached hydrogen (secondary N) is 1. The molecule has 3 aromatic rings. The van der Waals surface area contributed by atoms with E-state index in [1.807, 2.05) is 29.0 Å². The number of thiophene rings is 1. The number of hydrogen-bond acceptors (Lipinski definition) is 6. The lowest BCUT2D eigenvalue weighted by Crippen LogP contribution is -2.16. The molecule has 1 aromatic carbocycles. The maximum absolute atomic E-state index is 12.8. The molecule has 7 heteroatoms. The molecule has 1 aliphatic rings. The zero-order chi connectivity index (χ0) is 19.7. The first-order valence-electron chi connectivity index (χ1n) is 9.17. The van der Waals surface area contributed by atoms with Crippen LogP contribution >= 0.6 is 22.7 Å². The predicted octanol–water partition coefficient (Wildman–Crippen LogP) is 5.27. The Morgan fingerprint density at radius 1 is 1.21 bits per heavy atom. The van der Waals surface area contributed by atoms with Gasteiger partial charge in [-0.3, -0.25) is 10.1 Å². The number of amides is 1. The number of thiazole rings is 1. The smallest absolute Gasteiger partial charge is 0.258 e. The number of anilines is 1. The van der Waals surface area contributed by atoms with E-state index in [9.17, 15) is 4.79 Å². The van der Waals surface area contributed by atoms with Crippen LogP contribution in [0.4, 0.5) is 5.13 Å². The Morgan fingerprint density at radius 2 is 2.07 bits per heavy atom. The molecule has 0 saturated carbocycles. The van der Waals surface area contributed by atoms with Gasteiger partial charge < -0.3 is 9.47 Å². The maximum Gasteiger partial charge on any atom is 0.258 e. The summed E-state index contributed by atoms with van der Waals surface area (Å²) in [5, 5.41) is 7.44. The number of hydrogen-bond donors (Lipinski definition) is 1. The molecule has 1 aliphatic carbocycles. The van der Waals surface area contributed by atoms with E-state index in [1.54, 1.807) is 25.6 Å².